The van der Waals surface area contributed by atoms with Crippen LogP contribution in [0.1, 0.15) is 5.56 Å². The molecule has 2 aromatic rings. The van der Waals surface area contributed by atoms with Crippen molar-refractivity contribution in [3.63, 3.8) is 0 Å². The Bertz CT molecular complexity index is 858. The molecule has 1 aromatic heterocycles. The molecule has 0 fully saturated rings. The van der Waals surface area contributed by atoms with E-state index >= 15 is 0 Å². The first-order valence-electron chi connectivity index (χ1n) is 6.60. The fourth-order valence-electron chi connectivity index (χ4n) is 1.74. The van der Waals surface area contributed by atoms with Gasteiger partial charge < -0.3 is 5.32 Å². The van der Waals surface area contributed by atoms with E-state index in [0.29, 0.717) is 27.9 Å². The van der Waals surface area contributed by atoms with Crippen molar-refractivity contribution in [1.29, 1.82) is 5.26 Å². The minimum atomic E-state index is -2.54. The molecule has 10 heteroatoms. The Balaban J connectivity index is 2.10. The first-order valence-corrected chi connectivity index (χ1v) is 8.36. The predicted molar refractivity (Wildman–Crippen MR) is 91.5 cm³/mol. The molecule has 0 unspecified atom stereocenters. The topological polar surface area (TPSA) is 96.0 Å². The first kappa shape index (κ1) is 18.6. The minimum Gasteiger partial charge on any atom is -0.321 e. The van der Waals surface area contributed by atoms with Gasteiger partial charge in [-0.1, -0.05) is 23.1 Å². The van der Waals surface area contributed by atoms with Crippen LogP contribution in [0.25, 0.3) is 6.08 Å². The first-order chi connectivity index (χ1) is 11.9. The number of thioether (sulfide) groups is 1. The van der Waals surface area contributed by atoms with Crippen LogP contribution in [0.2, 0.25) is 0 Å². The quantitative estimate of drug-likeness (QED) is 0.261. The highest BCUT2D eigenvalue weighted by molar-refractivity contribution is 7.99. The maximum absolute atomic E-state index is 12.2. The molecule has 0 bridgehead atoms. The number of benzene rings is 1. The van der Waals surface area contributed by atoms with Crippen molar-refractivity contribution < 1.29 is 18.5 Å². The van der Waals surface area contributed by atoms with Crippen LogP contribution in [0, 0.1) is 21.4 Å². The van der Waals surface area contributed by atoms with Gasteiger partial charge in [0, 0.05) is 22.0 Å². The maximum atomic E-state index is 12.2. The van der Waals surface area contributed by atoms with E-state index in [-0.39, 0.29) is 10.6 Å². The Kier molecular flexibility index (Phi) is 6.21. The van der Waals surface area contributed by atoms with Crippen molar-refractivity contribution in [2.75, 3.05) is 5.32 Å². The molecule has 0 spiro atoms. The summed E-state index contributed by atoms with van der Waals surface area (Å²) in [6, 6.07) is 8.70. The smallest absolute Gasteiger partial charge is 0.321 e. The molecule has 0 radical (unpaired) electrons. The van der Waals surface area contributed by atoms with Gasteiger partial charge in [0.05, 0.1) is 4.92 Å². The summed E-state index contributed by atoms with van der Waals surface area (Å²) in [7, 11) is 0. The average molecular weight is 381 g/mol. The molecule has 1 heterocycles. The molecular weight excluding hydrogens is 372 g/mol. The van der Waals surface area contributed by atoms with Crippen LogP contribution in [-0.4, -0.2) is 16.6 Å². The Morgan fingerprint density at radius 3 is 2.60 bits per heavy atom. The monoisotopic (exact) mass is 381 g/mol. The molecule has 1 aromatic carbocycles. The number of anilines is 1. The number of nitriles is 1. The summed E-state index contributed by atoms with van der Waals surface area (Å²) < 4.78 is 24.5. The molecule has 0 aliphatic heterocycles. The Morgan fingerprint density at radius 2 is 2.08 bits per heavy atom. The number of alkyl halides is 2. The largest absolute Gasteiger partial charge is 0.324 e. The number of amides is 1. The zero-order valence-electron chi connectivity index (χ0n) is 12.3. The van der Waals surface area contributed by atoms with Gasteiger partial charge in [-0.3, -0.25) is 14.9 Å². The van der Waals surface area contributed by atoms with E-state index in [9.17, 15) is 23.7 Å². The Morgan fingerprint density at radius 1 is 1.40 bits per heavy atom. The van der Waals surface area contributed by atoms with Crippen molar-refractivity contribution in [3.8, 4) is 6.07 Å². The third-order valence-electron chi connectivity index (χ3n) is 2.80. The molecule has 0 aliphatic carbocycles. The standard InChI is InChI=1S/C15H9F2N3O3S2/c16-15(17)25-12-3-1-11(2-4-12)19-14(21)10(7-18)5-9-6-13(20(22)23)24-8-9/h1-6,8,15H,(H,19,21)/b10-5-. The third-order valence-corrected chi connectivity index (χ3v) is 4.42. The number of nitrogens with zero attached hydrogens (tertiary/aromatic N) is 2. The lowest BCUT2D eigenvalue weighted by Gasteiger charge is -2.05. The van der Waals surface area contributed by atoms with Crippen LogP contribution >= 0.6 is 23.1 Å². The molecule has 2 rings (SSSR count). The summed E-state index contributed by atoms with van der Waals surface area (Å²) in [6.07, 6.45) is 1.24. The van der Waals surface area contributed by atoms with E-state index < -0.39 is 16.6 Å². The number of hydrogen-bond donors (Lipinski definition) is 1. The van der Waals surface area contributed by atoms with Gasteiger partial charge in [-0.2, -0.15) is 14.0 Å². The Labute approximate surface area is 148 Å². The fourth-order valence-corrected chi connectivity index (χ4v) is 2.93. The van der Waals surface area contributed by atoms with E-state index in [1.54, 1.807) is 6.07 Å². The lowest BCUT2D eigenvalue weighted by atomic mass is 10.2. The third kappa shape index (κ3) is 5.37. The second-order valence-corrected chi connectivity index (χ2v) is 6.46. The van der Waals surface area contributed by atoms with Crippen molar-refractivity contribution in [3.05, 3.63) is 57.0 Å². The highest BCUT2D eigenvalue weighted by Gasteiger charge is 2.13. The SMILES string of the molecule is N#C/C(=C/c1csc([N+](=O)[O-])c1)C(=O)Nc1ccc(SC(F)F)cc1. The zero-order valence-corrected chi connectivity index (χ0v) is 13.9. The van der Waals surface area contributed by atoms with Gasteiger partial charge in [0.2, 0.25) is 0 Å². The highest BCUT2D eigenvalue weighted by atomic mass is 32.2. The predicted octanol–water partition coefficient (Wildman–Crippen LogP) is 4.52. The molecule has 0 saturated carbocycles. The zero-order chi connectivity index (χ0) is 18.4. The van der Waals surface area contributed by atoms with Crippen molar-refractivity contribution in [2.45, 2.75) is 10.7 Å². The van der Waals surface area contributed by atoms with Gasteiger partial charge in [-0.25, -0.2) is 0 Å². The number of carbonyl (C=O) groups excluding carboxylic acids is 1. The lowest BCUT2D eigenvalue weighted by molar-refractivity contribution is -0.380. The number of hydrogen-bond acceptors (Lipinski definition) is 6. The summed E-state index contributed by atoms with van der Waals surface area (Å²) in [6.45, 7) is 0. The molecule has 128 valence electrons. The lowest BCUT2D eigenvalue weighted by Crippen LogP contribution is -2.13. The molecule has 1 amide bonds. The van der Waals surface area contributed by atoms with E-state index in [1.807, 2.05) is 0 Å². The number of nitro groups is 1. The van der Waals surface area contributed by atoms with Crippen molar-refractivity contribution >= 4 is 45.8 Å². The summed E-state index contributed by atoms with van der Waals surface area (Å²) in [4.78, 5) is 22.5. The van der Waals surface area contributed by atoms with Crippen LogP contribution < -0.4 is 5.32 Å². The van der Waals surface area contributed by atoms with Gasteiger partial charge in [0.1, 0.15) is 11.6 Å². The normalized spacial score (nSPS) is 11.2. The molecule has 0 atom stereocenters. The molecule has 0 saturated heterocycles. The molecule has 6 nitrogen and oxygen atoms in total. The summed E-state index contributed by atoms with van der Waals surface area (Å²) >= 11 is 1.26. The number of carbonyl (C=O) groups is 1. The summed E-state index contributed by atoms with van der Waals surface area (Å²) in [5, 5.41) is 23.6. The molecule has 1 N–H and O–H groups in total. The van der Waals surface area contributed by atoms with Crippen LogP contribution in [0.5, 0.6) is 0 Å². The minimum absolute atomic E-state index is 0.101. The molecular formula is C15H9F2N3O3S2. The van der Waals surface area contributed by atoms with E-state index in [2.05, 4.69) is 5.32 Å². The van der Waals surface area contributed by atoms with Crippen LogP contribution in [0.4, 0.5) is 19.5 Å². The van der Waals surface area contributed by atoms with Gasteiger partial charge in [0.25, 0.3) is 11.7 Å². The van der Waals surface area contributed by atoms with Crippen LogP contribution in [-0.2, 0) is 4.79 Å². The second kappa shape index (κ2) is 8.36. The van der Waals surface area contributed by atoms with Crippen molar-refractivity contribution in [2.24, 2.45) is 0 Å². The van der Waals surface area contributed by atoms with E-state index in [4.69, 9.17) is 5.26 Å². The van der Waals surface area contributed by atoms with E-state index in [0.717, 1.165) is 11.3 Å². The van der Waals surface area contributed by atoms with Gasteiger partial charge in [-0.15, -0.1) is 0 Å². The van der Waals surface area contributed by atoms with Gasteiger partial charge >= 0.3 is 5.00 Å². The number of halogens is 2. The summed E-state index contributed by atoms with van der Waals surface area (Å²) in [5.74, 6) is -3.24. The van der Waals surface area contributed by atoms with Gasteiger partial charge in [0.15, 0.2) is 0 Å². The number of nitrogens with one attached hydrogen (secondary N) is 1. The fraction of sp³-hybridized carbons (Fsp3) is 0.0667. The van der Waals surface area contributed by atoms with Crippen LogP contribution in [0.3, 0.4) is 0 Å². The highest BCUT2D eigenvalue weighted by Crippen LogP contribution is 2.27. The molecule has 0 aliphatic rings. The number of rotatable bonds is 6. The van der Waals surface area contributed by atoms with Crippen LogP contribution in [0.15, 0.2) is 46.2 Å². The average Bonchev–Trinajstić information content (AvgIpc) is 3.03. The van der Waals surface area contributed by atoms with E-state index in [1.165, 1.54) is 41.8 Å². The maximum Gasteiger partial charge on any atom is 0.324 e. The molecule has 25 heavy (non-hydrogen) atoms. The van der Waals surface area contributed by atoms with Crippen molar-refractivity contribution in [1.82, 2.24) is 0 Å². The van der Waals surface area contributed by atoms with Gasteiger partial charge in [-0.05, 0) is 35.9 Å². The number of thiophene rings is 1. The Hall–Kier alpha value is -2.77. The second-order valence-electron chi connectivity index (χ2n) is 4.50. The summed E-state index contributed by atoms with van der Waals surface area (Å²) in [5.41, 5.74) is 0.465.